The molecule has 0 spiro atoms. The minimum Gasteiger partial charge on any atom is -0.497 e. The molecule has 1 saturated carbocycles. The number of benzene rings is 1. The summed E-state index contributed by atoms with van der Waals surface area (Å²) in [6.07, 6.45) is 5.04. The number of ketones is 1. The van der Waals surface area contributed by atoms with E-state index in [0.29, 0.717) is 11.5 Å². The van der Waals surface area contributed by atoms with E-state index in [2.05, 4.69) is 6.92 Å². The van der Waals surface area contributed by atoms with Gasteiger partial charge in [0.25, 0.3) is 0 Å². The second-order valence-electron chi connectivity index (χ2n) is 5.26. The van der Waals surface area contributed by atoms with E-state index in [-0.39, 0.29) is 18.5 Å². The predicted octanol–water partition coefficient (Wildman–Crippen LogP) is 3.47. The van der Waals surface area contributed by atoms with Crippen LogP contribution in [0, 0.1) is 5.92 Å². The highest BCUT2D eigenvalue weighted by atomic mass is 16.5. The fourth-order valence-corrected chi connectivity index (χ4v) is 2.57. The smallest absolute Gasteiger partial charge is 0.188 e. The van der Waals surface area contributed by atoms with Crippen molar-refractivity contribution in [1.29, 1.82) is 0 Å². The van der Waals surface area contributed by atoms with Crippen LogP contribution in [0.2, 0.25) is 0 Å². The van der Waals surface area contributed by atoms with Crippen molar-refractivity contribution in [1.82, 2.24) is 0 Å². The molecule has 1 aromatic rings. The van der Waals surface area contributed by atoms with Crippen LogP contribution in [0.3, 0.4) is 0 Å². The van der Waals surface area contributed by atoms with E-state index in [1.54, 1.807) is 31.4 Å². The molecule has 0 N–H and O–H groups in total. The zero-order chi connectivity index (χ0) is 13.7. The third-order valence-corrected chi connectivity index (χ3v) is 3.87. The van der Waals surface area contributed by atoms with Crippen molar-refractivity contribution in [3.05, 3.63) is 29.8 Å². The molecular formula is C16H22O3. The van der Waals surface area contributed by atoms with Crippen molar-refractivity contribution in [3.8, 4) is 5.75 Å². The zero-order valence-electron chi connectivity index (χ0n) is 11.7. The van der Waals surface area contributed by atoms with Gasteiger partial charge in [-0.15, -0.1) is 0 Å². The van der Waals surface area contributed by atoms with E-state index in [1.165, 1.54) is 19.3 Å². The second-order valence-corrected chi connectivity index (χ2v) is 5.26. The Morgan fingerprint density at radius 3 is 2.53 bits per heavy atom. The van der Waals surface area contributed by atoms with E-state index >= 15 is 0 Å². The highest BCUT2D eigenvalue weighted by molar-refractivity contribution is 5.97. The average molecular weight is 262 g/mol. The van der Waals surface area contributed by atoms with Crippen molar-refractivity contribution >= 4 is 5.78 Å². The molecule has 0 heterocycles. The van der Waals surface area contributed by atoms with Gasteiger partial charge in [-0.3, -0.25) is 4.79 Å². The number of carbonyl (C=O) groups excluding carboxylic acids is 1. The van der Waals surface area contributed by atoms with E-state index in [4.69, 9.17) is 9.47 Å². The molecule has 0 amide bonds. The Bertz CT molecular complexity index is 411. The summed E-state index contributed by atoms with van der Waals surface area (Å²) in [6, 6.07) is 7.18. The van der Waals surface area contributed by atoms with Gasteiger partial charge in [-0.25, -0.2) is 0 Å². The lowest BCUT2D eigenvalue weighted by Gasteiger charge is -2.28. The Hall–Kier alpha value is -1.35. The molecule has 1 aliphatic carbocycles. The van der Waals surface area contributed by atoms with Crippen LogP contribution in [0.5, 0.6) is 5.75 Å². The van der Waals surface area contributed by atoms with Gasteiger partial charge in [0.15, 0.2) is 5.78 Å². The van der Waals surface area contributed by atoms with E-state index in [9.17, 15) is 4.79 Å². The van der Waals surface area contributed by atoms with Gasteiger partial charge in [0.2, 0.25) is 0 Å². The van der Waals surface area contributed by atoms with E-state index in [0.717, 1.165) is 12.2 Å². The number of carbonyl (C=O) groups is 1. The summed E-state index contributed by atoms with van der Waals surface area (Å²) in [6.45, 7) is 2.39. The van der Waals surface area contributed by atoms with Crippen LogP contribution in [-0.2, 0) is 4.74 Å². The first-order valence-corrected chi connectivity index (χ1v) is 6.99. The lowest BCUT2D eigenvalue weighted by Crippen LogP contribution is -2.27. The molecule has 1 aliphatic rings. The van der Waals surface area contributed by atoms with Crippen molar-refractivity contribution in [2.45, 2.75) is 38.7 Å². The van der Waals surface area contributed by atoms with Crippen LogP contribution in [0.1, 0.15) is 43.0 Å². The maximum atomic E-state index is 12.0. The fraction of sp³-hybridized carbons (Fsp3) is 0.562. The highest BCUT2D eigenvalue weighted by Gasteiger charge is 2.22. The summed E-state index contributed by atoms with van der Waals surface area (Å²) in [5.41, 5.74) is 0.685. The molecule has 2 unspecified atom stereocenters. The Balaban J connectivity index is 1.86. The predicted molar refractivity (Wildman–Crippen MR) is 74.7 cm³/mol. The molecule has 0 aliphatic heterocycles. The van der Waals surface area contributed by atoms with Gasteiger partial charge in [0.1, 0.15) is 12.4 Å². The third-order valence-electron chi connectivity index (χ3n) is 3.87. The molecule has 1 aromatic carbocycles. The molecule has 3 nitrogen and oxygen atoms in total. The number of hydrogen-bond acceptors (Lipinski definition) is 3. The van der Waals surface area contributed by atoms with Gasteiger partial charge in [-0.05, 0) is 43.0 Å². The first-order chi connectivity index (χ1) is 9.20. The van der Waals surface area contributed by atoms with Crippen LogP contribution in [0.4, 0.5) is 0 Å². The Labute approximate surface area is 114 Å². The van der Waals surface area contributed by atoms with Crippen molar-refractivity contribution in [2.24, 2.45) is 5.92 Å². The zero-order valence-corrected chi connectivity index (χ0v) is 11.7. The molecule has 0 bridgehead atoms. The molecule has 3 heteroatoms. The normalized spacial score (nSPS) is 23.1. The molecule has 0 radical (unpaired) electrons. The molecule has 1 fully saturated rings. The van der Waals surface area contributed by atoms with E-state index < -0.39 is 0 Å². The summed E-state index contributed by atoms with van der Waals surface area (Å²) in [5, 5.41) is 0. The topological polar surface area (TPSA) is 35.5 Å². The van der Waals surface area contributed by atoms with Crippen LogP contribution < -0.4 is 4.74 Å². The molecule has 104 valence electrons. The Morgan fingerprint density at radius 2 is 1.89 bits per heavy atom. The van der Waals surface area contributed by atoms with Crippen LogP contribution in [-0.4, -0.2) is 25.6 Å². The summed E-state index contributed by atoms with van der Waals surface area (Å²) in [4.78, 5) is 12.0. The van der Waals surface area contributed by atoms with E-state index in [1.807, 2.05) is 0 Å². The lowest BCUT2D eigenvalue weighted by atomic mass is 9.88. The molecule has 19 heavy (non-hydrogen) atoms. The van der Waals surface area contributed by atoms with Crippen LogP contribution in [0.25, 0.3) is 0 Å². The van der Waals surface area contributed by atoms with Crippen molar-refractivity contribution in [2.75, 3.05) is 13.7 Å². The minimum atomic E-state index is 0.0421. The average Bonchev–Trinajstić information content (AvgIpc) is 2.46. The molecule has 0 aromatic heterocycles. The summed E-state index contributed by atoms with van der Waals surface area (Å²) in [5.74, 6) is 1.37. The largest absolute Gasteiger partial charge is 0.497 e. The summed E-state index contributed by atoms with van der Waals surface area (Å²) in [7, 11) is 1.62. The first-order valence-electron chi connectivity index (χ1n) is 6.99. The van der Waals surface area contributed by atoms with Crippen molar-refractivity contribution < 1.29 is 14.3 Å². The monoisotopic (exact) mass is 262 g/mol. The maximum absolute atomic E-state index is 12.0. The van der Waals surface area contributed by atoms with Gasteiger partial charge in [-0.2, -0.15) is 0 Å². The molecular weight excluding hydrogens is 240 g/mol. The van der Waals surface area contributed by atoms with Crippen molar-refractivity contribution in [3.63, 3.8) is 0 Å². The SMILES string of the molecule is COc1ccc(C(=O)COC2CCCCC2C)cc1. The number of ether oxygens (including phenoxy) is 2. The minimum absolute atomic E-state index is 0.0421. The third kappa shape index (κ3) is 3.80. The second kappa shape index (κ2) is 6.71. The van der Waals surface area contributed by atoms with Crippen LogP contribution in [0.15, 0.2) is 24.3 Å². The fourth-order valence-electron chi connectivity index (χ4n) is 2.57. The van der Waals surface area contributed by atoms with Crippen LogP contribution >= 0.6 is 0 Å². The standard InChI is InChI=1S/C16H22O3/c1-12-5-3-4-6-16(12)19-11-15(17)13-7-9-14(18-2)10-8-13/h7-10,12,16H,3-6,11H2,1-2H3. The Kier molecular flexibility index (Phi) is 4.97. The Morgan fingerprint density at radius 1 is 1.21 bits per heavy atom. The van der Waals surface area contributed by atoms with Gasteiger partial charge in [0, 0.05) is 5.56 Å². The first kappa shape index (κ1) is 14.1. The lowest BCUT2D eigenvalue weighted by molar-refractivity contribution is 0.000748. The maximum Gasteiger partial charge on any atom is 0.188 e. The molecule has 2 rings (SSSR count). The summed E-state index contributed by atoms with van der Waals surface area (Å²) >= 11 is 0. The number of hydrogen-bond donors (Lipinski definition) is 0. The summed E-state index contributed by atoms with van der Waals surface area (Å²) < 4.78 is 10.9. The number of Topliss-reactive ketones (excluding diaryl/α,β-unsaturated/α-hetero) is 1. The van der Waals surface area contributed by atoms with Gasteiger partial charge in [0.05, 0.1) is 13.2 Å². The number of methoxy groups -OCH3 is 1. The highest BCUT2D eigenvalue weighted by Crippen LogP contribution is 2.26. The van der Waals surface area contributed by atoms with Gasteiger partial charge in [-0.1, -0.05) is 19.8 Å². The molecule has 2 atom stereocenters. The van der Waals surface area contributed by atoms with Gasteiger partial charge < -0.3 is 9.47 Å². The molecule has 0 saturated heterocycles. The number of rotatable bonds is 5. The van der Waals surface area contributed by atoms with Gasteiger partial charge >= 0.3 is 0 Å². The quantitative estimate of drug-likeness (QED) is 0.762.